The second kappa shape index (κ2) is 14.2. The minimum atomic E-state index is -0.538. The van der Waals surface area contributed by atoms with Crippen LogP contribution in [0.5, 0.6) is 0 Å². The highest BCUT2D eigenvalue weighted by Crippen LogP contribution is 2.39. The van der Waals surface area contributed by atoms with E-state index in [1.54, 1.807) is 12.1 Å². The lowest BCUT2D eigenvalue weighted by molar-refractivity contribution is -0.253. The monoisotopic (exact) mass is 600 g/mol. The Labute approximate surface area is 265 Å². The summed E-state index contributed by atoms with van der Waals surface area (Å²) in [5.41, 5.74) is 5.78. The molecule has 1 amide bonds. The van der Waals surface area contributed by atoms with E-state index in [0.29, 0.717) is 18.5 Å². The first-order valence-electron chi connectivity index (χ1n) is 15.6. The first-order chi connectivity index (χ1) is 22.0. The third-order valence-electron chi connectivity index (χ3n) is 8.76. The first kappa shape index (κ1) is 30.7. The van der Waals surface area contributed by atoms with Gasteiger partial charge in [0.15, 0.2) is 6.29 Å². The second-order valence-electron chi connectivity index (χ2n) is 11.9. The summed E-state index contributed by atoms with van der Waals surface area (Å²) >= 11 is 0. The molecule has 0 bridgehead atoms. The quantitative estimate of drug-likeness (QED) is 0.174. The molecule has 4 unspecified atom stereocenters. The Bertz CT molecular complexity index is 1710. The van der Waals surface area contributed by atoms with Crippen molar-refractivity contribution in [3.05, 3.63) is 155 Å². The zero-order valence-electron chi connectivity index (χ0n) is 25.8. The van der Waals surface area contributed by atoms with Crippen LogP contribution in [0.15, 0.2) is 121 Å². The lowest BCUT2D eigenvalue weighted by Crippen LogP contribution is -2.38. The fraction of sp³-hybridized carbons (Fsp3) is 0.256. The Morgan fingerprint density at radius 3 is 2.22 bits per heavy atom. The summed E-state index contributed by atoms with van der Waals surface area (Å²) in [4.78, 5) is 14.8. The molecule has 1 fully saturated rings. The number of aliphatic hydroxyl groups is 1. The van der Waals surface area contributed by atoms with E-state index in [0.717, 1.165) is 28.8 Å². The largest absolute Gasteiger partial charge is 0.392 e. The number of ether oxygens (including phenoxy) is 2. The van der Waals surface area contributed by atoms with E-state index >= 15 is 0 Å². The van der Waals surface area contributed by atoms with Crippen molar-refractivity contribution in [3.63, 3.8) is 0 Å². The number of likely N-dealkylation sites (N-methyl/N-ethyl adjacent to an activating group) is 1. The number of carbonyl (C=O) groups excluding carboxylic acids is 1. The summed E-state index contributed by atoms with van der Waals surface area (Å²) in [6.07, 6.45) is -0.0452. The minimum absolute atomic E-state index is 0.00969. The van der Waals surface area contributed by atoms with Gasteiger partial charge in [-0.05, 0) is 65.2 Å². The fourth-order valence-electron chi connectivity index (χ4n) is 5.90. The lowest BCUT2D eigenvalue weighted by atomic mass is 9.98. The van der Waals surface area contributed by atoms with Crippen LogP contribution in [0.3, 0.4) is 0 Å². The van der Waals surface area contributed by atoms with Gasteiger partial charge >= 0.3 is 0 Å². The van der Waals surface area contributed by atoms with Crippen LogP contribution in [0.25, 0.3) is 10.8 Å². The number of amides is 1. The number of nitrogens with zero attached hydrogens (tertiary/aromatic N) is 1. The smallest absolute Gasteiger partial charge is 0.251 e. The number of nitrogens with one attached hydrogen (secondary N) is 1. The van der Waals surface area contributed by atoms with E-state index in [2.05, 4.69) is 66.7 Å². The molecular weight excluding hydrogens is 560 g/mol. The Morgan fingerprint density at radius 2 is 1.49 bits per heavy atom. The van der Waals surface area contributed by atoms with Crippen LogP contribution in [0, 0.1) is 0 Å². The SMILES string of the molecule is CC(c1ccc2ccccc2c1)N(C)CC1CC(c2ccc(CO)cc2)OC(c2ccc(CNC(=O)c3ccccc3)cc2)O1. The molecule has 6 rings (SSSR count). The molecule has 0 aliphatic carbocycles. The summed E-state index contributed by atoms with van der Waals surface area (Å²) in [5.74, 6) is -0.0986. The van der Waals surface area contributed by atoms with Gasteiger partial charge in [0.25, 0.3) is 5.91 Å². The number of hydrogen-bond donors (Lipinski definition) is 2. The predicted molar refractivity (Wildman–Crippen MR) is 177 cm³/mol. The second-order valence-corrected chi connectivity index (χ2v) is 11.9. The van der Waals surface area contributed by atoms with E-state index in [1.165, 1.54) is 16.3 Å². The maximum Gasteiger partial charge on any atom is 0.251 e. The molecule has 45 heavy (non-hydrogen) atoms. The van der Waals surface area contributed by atoms with Gasteiger partial charge in [-0.15, -0.1) is 0 Å². The molecule has 5 aromatic carbocycles. The van der Waals surface area contributed by atoms with Gasteiger partial charge in [-0.2, -0.15) is 0 Å². The topological polar surface area (TPSA) is 71.0 Å². The third-order valence-corrected chi connectivity index (χ3v) is 8.76. The Morgan fingerprint density at radius 1 is 0.822 bits per heavy atom. The standard InChI is InChI=1S/C39H40N2O4/c1-27(34-21-20-30-8-6-7-11-35(30)22-34)41(2)25-36-23-37(31-16-14-29(26-42)15-17-31)45-39(44-36)33-18-12-28(13-19-33)24-40-38(43)32-9-4-3-5-10-32/h3-22,27,36-37,39,42H,23-26H2,1-2H3,(H,40,43). The zero-order chi connectivity index (χ0) is 31.2. The number of aliphatic hydroxyl groups excluding tert-OH is 1. The maximum atomic E-state index is 12.5. The molecule has 5 aromatic rings. The molecule has 4 atom stereocenters. The molecule has 0 aromatic heterocycles. The van der Waals surface area contributed by atoms with Crippen molar-refractivity contribution in [1.82, 2.24) is 10.2 Å². The van der Waals surface area contributed by atoms with Crippen molar-refractivity contribution in [2.45, 2.75) is 51.0 Å². The van der Waals surface area contributed by atoms with E-state index in [-0.39, 0.29) is 30.8 Å². The van der Waals surface area contributed by atoms with Gasteiger partial charge in [-0.3, -0.25) is 9.69 Å². The van der Waals surface area contributed by atoms with Crippen molar-refractivity contribution in [2.24, 2.45) is 0 Å². The van der Waals surface area contributed by atoms with Crippen LogP contribution < -0.4 is 5.32 Å². The molecule has 230 valence electrons. The van der Waals surface area contributed by atoms with Crippen molar-refractivity contribution >= 4 is 16.7 Å². The predicted octanol–water partition coefficient (Wildman–Crippen LogP) is 7.50. The molecule has 0 radical (unpaired) electrons. The molecule has 6 heteroatoms. The highest BCUT2D eigenvalue weighted by molar-refractivity contribution is 5.94. The van der Waals surface area contributed by atoms with Gasteiger partial charge in [0.05, 0.1) is 18.8 Å². The number of hydrogen-bond acceptors (Lipinski definition) is 5. The van der Waals surface area contributed by atoms with Crippen LogP contribution in [0.2, 0.25) is 0 Å². The molecule has 2 N–H and O–H groups in total. The van der Waals surface area contributed by atoms with Gasteiger partial charge in [-0.1, -0.05) is 103 Å². The van der Waals surface area contributed by atoms with Crippen LogP contribution in [-0.2, 0) is 22.6 Å². The van der Waals surface area contributed by atoms with Gasteiger partial charge in [0.1, 0.15) is 0 Å². The average Bonchev–Trinajstić information content (AvgIpc) is 3.10. The average molecular weight is 601 g/mol. The first-order valence-corrected chi connectivity index (χ1v) is 15.6. The Kier molecular flexibility index (Phi) is 9.67. The lowest BCUT2D eigenvalue weighted by Gasteiger charge is -2.39. The Balaban J connectivity index is 1.16. The molecular formula is C39H40N2O4. The van der Waals surface area contributed by atoms with E-state index in [4.69, 9.17) is 9.47 Å². The van der Waals surface area contributed by atoms with Crippen LogP contribution in [0.1, 0.15) is 70.0 Å². The van der Waals surface area contributed by atoms with Gasteiger partial charge in [0, 0.05) is 36.7 Å². The van der Waals surface area contributed by atoms with E-state index < -0.39 is 6.29 Å². The van der Waals surface area contributed by atoms with Crippen molar-refractivity contribution in [3.8, 4) is 0 Å². The van der Waals surface area contributed by atoms with Gasteiger partial charge < -0.3 is 19.9 Å². The molecule has 1 aliphatic rings. The van der Waals surface area contributed by atoms with E-state index in [1.807, 2.05) is 66.7 Å². The van der Waals surface area contributed by atoms with Crippen molar-refractivity contribution in [2.75, 3.05) is 13.6 Å². The number of benzene rings is 5. The summed E-state index contributed by atoms with van der Waals surface area (Å²) in [6.45, 7) is 3.42. The molecule has 1 aliphatic heterocycles. The summed E-state index contributed by atoms with van der Waals surface area (Å²) in [7, 11) is 2.15. The van der Waals surface area contributed by atoms with Crippen molar-refractivity contribution in [1.29, 1.82) is 0 Å². The van der Waals surface area contributed by atoms with E-state index in [9.17, 15) is 9.90 Å². The number of carbonyl (C=O) groups is 1. The normalized spacial score (nSPS) is 19.0. The van der Waals surface area contributed by atoms with Gasteiger partial charge in [0.2, 0.25) is 0 Å². The van der Waals surface area contributed by atoms with Crippen molar-refractivity contribution < 1.29 is 19.4 Å². The number of fused-ring (bicyclic) bond motifs is 1. The summed E-state index contributed by atoms with van der Waals surface area (Å²) in [5, 5.41) is 15.0. The van der Waals surface area contributed by atoms with Crippen LogP contribution in [0.4, 0.5) is 0 Å². The highest BCUT2D eigenvalue weighted by atomic mass is 16.7. The maximum absolute atomic E-state index is 12.5. The molecule has 6 nitrogen and oxygen atoms in total. The highest BCUT2D eigenvalue weighted by Gasteiger charge is 2.33. The fourth-order valence-corrected chi connectivity index (χ4v) is 5.90. The van der Waals surface area contributed by atoms with Gasteiger partial charge in [-0.25, -0.2) is 0 Å². The minimum Gasteiger partial charge on any atom is -0.392 e. The molecule has 1 heterocycles. The third kappa shape index (κ3) is 7.49. The summed E-state index contributed by atoms with van der Waals surface area (Å²) in [6, 6.07) is 40.6. The molecule has 0 spiro atoms. The Hall–Kier alpha value is -4.33. The zero-order valence-corrected chi connectivity index (χ0v) is 25.8. The number of rotatable bonds is 10. The molecule has 1 saturated heterocycles. The van der Waals surface area contributed by atoms with Crippen LogP contribution in [-0.4, -0.2) is 35.6 Å². The van der Waals surface area contributed by atoms with Crippen LogP contribution >= 0.6 is 0 Å². The molecule has 0 saturated carbocycles. The summed E-state index contributed by atoms with van der Waals surface area (Å²) < 4.78 is 13.2.